The molecule has 2 nitrogen and oxygen atoms in total. The minimum Gasteiger partial charge on any atom is -0.328 e. The molecule has 0 aliphatic carbocycles. The van der Waals surface area contributed by atoms with Crippen LogP contribution in [0, 0.1) is 11.6 Å². The molecule has 1 N–H and O–H groups in total. The lowest BCUT2D eigenvalue weighted by Gasteiger charge is -2.04. The number of nitrogens with one attached hydrogen (secondary N) is 1. The average molecular weight is 300 g/mol. The Balaban J connectivity index is 2.31. The van der Waals surface area contributed by atoms with Gasteiger partial charge < -0.3 is 4.98 Å². The highest BCUT2D eigenvalue weighted by molar-refractivity contribution is 9.10. The Hall–Kier alpha value is -1.49. The largest absolute Gasteiger partial charge is 0.328 e. The van der Waals surface area contributed by atoms with Crippen LogP contribution in [-0.2, 0) is 6.42 Å². The standard InChI is InChI=1S/C12H8BrF2NO/c13-10-4-7(6-16-12(10)17)3-8-1-2-9(14)5-11(8)15/h1-2,4-6H,3H2,(H,16,17). The molecule has 0 bridgehead atoms. The van der Waals surface area contributed by atoms with Gasteiger partial charge in [-0.1, -0.05) is 6.07 Å². The van der Waals surface area contributed by atoms with Gasteiger partial charge in [0.05, 0.1) is 4.47 Å². The monoisotopic (exact) mass is 299 g/mol. The molecule has 0 radical (unpaired) electrons. The van der Waals surface area contributed by atoms with Gasteiger partial charge in [0, 0.05) is 18.7 Å². The molecular weight excluding hydrogens is 292 g/mol. The third kappa shape index (κ3) is 2.79. The van der Waals surface area contributed by atoms with Crippen LogP contribution in [0.4, 0.5) is 8.78 Å². The summed E-state index contributed by atoms with van der Waals surface area (Å²) in [6, 6.07) is 5.06. The molecule has 1 aromatic carbocycles. The van der Waals surface area contributed by atoms with Gasteiger partial charge in [-0.05, 0) is 39.2 Å². The SMILES string of the molecule is O=c1[nH]cc(Cc2ccc(F)cc2F)cc1Br. The van der Waals surface area contributed by atoms with E-state index in [1.807, 2.05) is 0 Å². The normalized spacial score (nSPS) is 10.5. The number of rotatable bonds is 2. The number of aromatic amines is 1. The molecule has 88 valence electrons. The first-order chi connectivity index (χ1) is 8.06. The third-order valence-corrected chi connectivity index (χ3v) is 2.92. The van der Waals surface area contributed by atoms with Gasteiger partial charge in [0.1, 0.15) is 11.6 Å². The molecule has 5 heteroatoms. The summed E-state index contributed by atoms with van der Waals surface area (Å²) in [6.45, 7) is 0. The Morgan fingerprint density at radius 2 is 2.00 bits per heavy atom. The van der Waals surface area contributed by atoms with Gasteiger partial charge >= 0.3 is 0 Å². The Morgan fingerprint density at radius 1 is 1.24 bits per heavy atom. The molecule has 0 aliphatic rings. The molecule has 2 rings (SSSR count). The Morgan fingerprint density at radius 3 is 2.65 bits per heavy atom. The number of H-pyrrole nitrogens is 1. The lowest BCUT2D eigenvalue weighted by Crippen LogP contribution is -2.07. The van der Waals surface area contributed by atoms with E-state index in [1.54, 1.807) is 6.07 Å². The fraction of sp³-hybridized carbons (Fsp3) is 0.0833. The second-order valence-corrected chi connectivity index (χ2v) is 4.45. The molecule has 2 aromatic rings. The van der Waals surface area contributed by atoms with E-state index in [2.05, 4.69) is 20.9 Å². The van der Waals surface area contributed by atoms with Gasteiger partial charge in [-0.3, -0.25) is 4.79 Å². The summed E-state index contributed by atoms with van der Waals surface area (Å²) in [4.78, 5) is 13.6. The van der Waals surface area contributed by atoms with E-state index in [9.17, 15) is 13.6 Å². The third-order valence-electron chi connectivity index (χ3n) is 2.33. The molecular formula is C12H8BrF2NO. The quantitative estimate of drug-likeness (QED) is 0.908. The van der Waals surface area contributed by atoms with Crippen molar-refractivity contribution in [3.05, 3.63) is 68.1 Å². The van der Waals surface area contributed by atoms with Gasteiger partial charge in [0.25, 0.3) is 5.56 Å². The molecule has 0 fully saturated rings. The Kier molecular flexibility index (Phi) is 3.38. The second-order valence-electron chi connectivity index (χ2n) is 3.60. The van der Waals surface area contributed by atoms with Crippen molar-refractivity contribution in [3.63, 3.8) is 0 Å². The van der Waals surface area contributed by atoms with Crippen molar-refractivity contribution >= 4 is 15.9 Å². The van der Waals surface area contributed by atoms with Gasteiger partial charge in [-0.25, -0.2) is 8.78 Å². The van der Waals surface area contributed by atoms with Crippen molar-refractivity contribution in [1.82, 2.24) is 4.98 Å². The summed E-state index contributed by atoms with van der Waals surface area (Å²) in [5.74, 6) is -1.19. The molecule has 1 heterocycles. The number of hydrogen-bond donors (Lipinski definition) is 1. The summed E-state index contributed by atoms with van der Waals surface area (Å²) in [6.07, 6.45) is 1.80. The number of benzene rings is 1. The maximum atomic E-state index is 13.4. The summed E-state index contributed by atoms with van der Waals surface area (Å²) >= 11 is 3.09. The average Bonchev–Trinajstić information content (AvgIpc) is 2.27. The number of hydrogen-bond acceptors (Lipinski definition) is 1. The maximum Gasteiger partial charge on any atom is 0.262 e. The van der Waals surface area contributed by atoms with E-state index in [-0.39, 0.29) is 5.56 Å². The highest BCUT2D eigenvalue weighted by Crippen LogP contribution is 2.15. The minimum absolute atomic E-state index is 0.242. The molecule has 0 aliphatic heterocycles. The first kappa shape index (κ1) is 12.0. The zero-order valence-corrected chi connectivity index (χ0v) is 10.2. The van der Waals surface area contributed by atoms with Gasteiger partial charge in [-0.15, -0.1) is 0 Å². The van der Waals surface area contributed by atoms with Crippen LogP contribution in [0.25, 0.3) is 0 Å². The van der Waals surface area contributed by atoms with Crippen LogP contribution in [0.1, 0.15) is 11.1 Å². The molecule has 0 amide bonds. The van der Waals surface area contributed by atoms with Gasteiger partial charge in [-0.2, -0.15) is 0 Å². The number of aromatic nitrogens is 1. The van der Waals surface area contributed by atoms with Crippen molar-refractivity contribution in [1.29, 1.82) is 0 Å². The van der Waals surface area contributed by atoms with Crippen molar-refractivity contribution < 1.29 is 8.78 Å². The fourth-order valence-electron chi connectivity index (χ4n) is 1.48. The molecule has 0 saturated heterocycles. The fourth-order valence-corrected chi connectivity index (χ4v) is 1.89. The van der Waals surface area contributed by atoms with Crippen molar-refractivity contribution in [2.24, 2.45) is 0 Å². The minimum atomic E-state index is -0.603. The smallest absolute Gasteiger partial charge is 0.262 e. The van der Waals surface area contributed by atoms with Crippen LogP contribution in [-0.4, -0.2) is 4.98 Å². The van der Waals surface area contributed by atoms with Crippen molar-refractivity contribution in [3.8, 4) is 0 Å². The Labute approximate surface area is 104 Å². The first-order valence-corrected chi connectivity index (χ1v) is 5.66. The molecule has 1 aromatic heterocycles. The predicted octanol–water partition coefficient (Wildman–Crippen LogP) is 3.01. The van der Waals surface area contributed by atoms with Gasteiger partial charge in [0.15, 0.2) is 0 Å². The second kappa shape index (κ2) is 4.79. The van der Waals surface area contributed by atoms with Gasteiger partial charge in [0.2, 0.25) is 0 Å². The van der Waals surface area contributed by atoms with E-state index in [4.69, 9.17) is 0 Å². The summed E-state index contributed by atoms with van der Waals surface area (Å²) in [5, 5.41) is 0. The van der Waals surface area contributed by atoms with Crippen LogP contribution < -0.4 is 5.56 Å². The summed E-state index contributed by atoms with van der Waals surface area (Å²) < 4.78 is 26.5. The topological polar surface area (TPSA) is 32.9 Å². The number of halogens is 3. The van der Waals surface area contributed by atoms with E-state index in [1.165, 1.54) is 18.3 Å². The summed E-state index contributed by atoms with van der Waals surface area (Å²) in [5.41, 5.74) is 0.876. The predicted molar refractivity (Wildman–Crippen MR) is 63.9 cm³/mol. The lowest BCUT2D eigenvalue weighted by molar-refractivity contribution is 0.574. The van der Waals surface area contributed by atoms with E-state index < -0.39 is 11.6 Å². The highest BCUT2D eigenvalue weighted by Gasteiger charge is 2.06. The zero-order chi connectivity index (χ0) is 12.4. The van der Waals surface area contributed by atoms with Crippen LogP contribution in [0.3, 0.4) is 0 Å². The molecule has 17 heavy (non-hydrogen) atoms. The van der Waals surface area contributed by atoms with E-state index in [0.29, 0.717) is 16.5 Å². The van der Waals surface area contributed by atoms with Crippen LogP contribution in [0.2, 0.25) is 0 Å². The van der Waals surface area contributed by atoms with Crippen molar-refractivity contribution in [2.45, 2.75) is 6.42 Å². The van der Waals surface area contributed by atoms with Crippen molar-refractivity contribution in [2.75, 3.05) is 0 Å². The maximum absolute atomic E-state index is 13.4. The molecule has 0 atom stereocenters. The van der Waals surface area contributed by atoms with E-state index in [0.717, 1.165) is 11.6 Å². The zero-order valence-electron chi connectivity index (χ0n) is 8.64. The van der Waals surface area contributed by atoms with Crippen LogP contribution in [0.15, 0.2) is 39.7 Å². The highest BCUT2D eigenvalue weighted by atomic mass is 79.9. The molecule has 0 unspecified atom stereocenters. The Bertz CT molecular complexity index is 610. The summed E-state index contributed by atoms with van der Waals surface area (Å²) in [7, 11) is 0. The van der Waals surface area contributed by atoms with E-state index >= 15 is 0 Å². The van der Waals surface area contributed by atoms with Crippen LogP contribution in [0.5, 0.6) is 0 Å². The lowest BCUT2D eigenvalue weighted by atomic mass is 10.1. The first-order valence-electron chi connectivity index (χ1n) is 4.87. The molecule has 0 spiro atoms. The molecule has 0 saturated carbocycles. The van der Waals surface area contributed by atoms with Crippen LogP contribution >= 0.6 is 15.9 Å². The number of pyridine rings is 1.